The Morgan fingerprint density at radius 3 is 2.75 bits per heavy atom. The Balaban J connectivity index is 2.86. The average Bonchev–Trinajstić information content (AvgIpc) is 2.30. The summed E-state index contributed by atoms with van der Waals surface area (Å²) in [5.74, 6) is 0. The van der Waals surface area contributed by atoms with Gasteiger partial charge in [0.05, 0.1) is 12.9 Å². The average molecular weight is 190 g/mol. The lowest BCUT2D eigenvalue weighted by Gasteiger charge is -2.26. The zero-order valence-electron chi connectivity index (χ0n) is 7.74. The Labute approximate surface area is 73.3 Å². The normalized spacial score (nSPS) is 39.9. The molecule has 0 N–H and O–H groups in total. The molecule has 0 bridgehead atoms. The van der Waals surface area contributed by atoms with Crippen LogP contribution in [0.25, 0.3) is 0 Å². The third-order valence-electron chi connectivity index (χ3n) is 2.27. The van der Waals surface area contributed by atoms with E-state index >= 15 is 0 Å². The summed E-state index contributed by atoms with van der Waals surface area (Å²) in [7, 11) is -2.90. The molecule has 0 saturated carbocycles. The van der Waals surface area contributed by atoms with E-state index in [-0.39, 0.29) is 0 Å². The summed E-state index contributed by atoms with van der Waals surface area (Å²) in [6.45, 7) is 6.11. The van der Waals surface area contributed by atoms with Gasteiger partial charge in [-0.15, -0.1) is 0 Å². The van der Waals surface area contributed by atoms with E-state index in [9.17, 15) is 4.57 Å². The molecule has 4 heteroatoms. The molecule has 0 spiro atoms. The summed E-state index contributed by atoms with van der Waals surface area (Å²) in [5, 5.41) is -0.428. The van der Waals surface area contributed by atoms with E-state index in [0.29, 0.717) is 6.61 Å². The van der Waals surface area contributed by atoms with E-state index in [1.807, 2.05) is 26.8 Å². The van der Waals surface area contributed by atoms with Crippen LogP contribution >= 0.6 is 7.60 Å². The van der Waals surface area contributed by atoms with Crippen LogP contribution in [0.2, 0.25) is 0 Å². The Morgan fingerprint density at radius 1 is 1.58 bits per heavy atom. The molecule has 2 unspecified atom stereocenters. The maximum atomic E-state index is 12.0. The standard InChI is InChI=1S/C8H15O3P/c1-4-8(3)6-7-11-12(8,9)10-5-2/h6-7H,4-5H2,1-3H3. The molecule has 1 heterocycles. The highest BCUT2D eigenvalue weighted by atomic mass is 31.2. The molecule has 0 saturated heterocycles. The van der Waals surface area contributed by atoms with Gasteiger partial charge in [0.1, 0.15) is 5.16 Å². The molecule has 70 valence electrons. The molecular formula is C8H15O3P. The van der Waals surface area contributed by atoms with Gasteiger partial charge in [0.15, 0.2) is 0 Å². The molecule has 1 rings (SSSR count). The minimum atomic E-state index is -2.90. The molecular weight excluding hydrogens is 175 g/mol. The van der Waals surface area contributed by atoms with E-state index < -0.39 is 12.8 Å². The lowest BCUT2D eigenvalue weighted by Crippen LogP contribution is -2.19. The summed E-state index contributed by atoms with van der Waals surface area (Å²) >= 11 is 0. The van der Waals surface area contributed by atoms with Crippen LogP contribution in [-0.4, -0.2) is 11.8 Å². The molecule has 0 aromatic rings. The van der Waals surface area contributed by atoms with Crippen molar-refractivity contribution in [2.45, 2.75) is 32.3 Å². The fourth-order valence-electron chi connectivity index (χ4n) is 1.13. The van der Waals surface area contributed by atoms with E-state index in [0.717, 1.165) is 6.42 Å². The van der Waals surface area contributed by atoms with Crippen molar-refractivity contribution in [3.8, 4) is 0 Å². The van der Waals surface area contributed by atoms with Crippen LogP contribution < -0.4 is 0 Å². The molecule has 0 aliphatic carbocycles. The lowest BCUT2D eigenvalue weighted by molar-refractivity contribution is 0.255. The first-order valence-electron chi connectivity index (χ1n) is 4.19. The molecule has 0 amide bonds. The lowest BCUT2D eigenvalue weighted by atomic mass is 10.1. The second kappa shape index (κ2) is 3.23. The van der Waals surface area contributed by atoms with Crippen molar-refractivity contribution in [3.63, 3.8) is 0 Å². The number of rotatable bonds is 3. The minimum absolute atomic E-state index is 0.425. The molecule has 0 radical (unpaired) electrons. The quantitative estimate of drug-likeness (QED) is 0.642. The van der Waals surface area contributed by atoms with Crippen molar-refractivity contribution in [2.75, 3.05) is 6.61 Å². The van der Waals surface area contributed by atoms with Crippen molar-refractivity contribution < 1.29 is 13.6 Å². The van der Waals surface area contributed by atoms with Crippen LogP contribution in [-0.2, 0) is 13.6 Å². The van der Waals surface area contributed by atoms with Gasteiger partial charge in [0.2, 0.25) is 0 Å². The third kappa shape index (κ3) is 1.32. The van der Waals surface area contributed by atoms with Crippen LogP contribution in [0.3, 0.4) is 0 Å². The molecule has 1 aliphatic heterocycles. The molecule has 1 aliphatic rings. The van der Waals surface area contributed by atoms with Crippen LogP contribution in [0.1, 0.15) is 27.2 Å². The topological polar surface area (TPSA) is 35.5 Å². The van der Waals surface area contributed by atoms with Crippen molar-refractivity contribution in [1.29, 1.82) is 0 Å². The monoisotopic (exact) mass is 190 g/mol. The zero-order valence-corrected chi connectivity index (χ0v) is 8.64. The van der Waals surface area contributed by atoms with Crippen LogP contribution in [0, 0.1) is 0 Å². The van der Waals surface area contributed by atoms with E-state index in [2.05, 4.69) is 0 Å². The van der Waals surface area contributed by atoms with E-state index in [4.69, 9.17) is 9.05 Å². The second-order valence-corrected chi connectivity index (χ2v) is 5.52. The Kier molecular flexibility index (Phi) is 2.64. The first-order chi connectivity index (χ1) is 5.58. The van der Waals surface area contributed by atoms with Gasteiger partial charge >= 0.3 is 7.60 Å². The van der Waals surface area contributed by atoms with Gasteiger partial charge in [-0.3, -0.25) is 4.52 Å². The van der Waals surface area contributed by atoms with Gasteiger partial charge in [-0.05, 0) is 26.3 Å². The highest BCUT2D eigenvalue weighted by Crippen LogP contribution is 2.65. The molecule has 0 fully saturated rings. The first kappa shape index (κ1) is 9.82. The zero-order chi connectivity index (χ0) is 9.24. The SMILES string of the molecule is CCOP1(=O)OC=CC1(C)CC. The summed E-state index contributed by atoms with van der Waals surface area (Å²) in [6, 6.07) is 0. The predicted octanol–water partition coefficient (Wildman–Crippen LogP) is 2.93. The fraction of sp³-hybridized carbons (Fsp3) is 0.750. The van der Waals surface area contributed by atoms with Gasteiger partial charge in [0, 0.05) is 0 Å². The van der Waals surface area contributed by atoms with Crippen LogP contribution in [0.4, 0.5) is 0 Å². The largest absolute Gasteiger partial charge is 0.432 e. The molecule has 0 aromatic carbocycles. The number of hydrogen-bond donors (Lipinski definition) is 0. The first-order valence-corrected chi connectivity index (χ1v) is 5.73. The highest BCUT2D eigenvalue weighted by Gasteiger charge is 2.48. The summed E-state index contributed by atoms with van der Waals surface area (Å²) < 4.78 is 22.2. The molecule has 0 aromatic heterocycles. The summed E-state index contributed by atoms with van der Waals surface area (Å²) in [5.41, 5.74) is 0. The summed E-state index contributed by atoms with van der Waals surface area (Å²) in [4.78, 5) is 0. The van der Waals surface area contributed by atoms with Crippen LogP contribution in [0.15, 0.2) is 12.3 Å². The van der Waals surface area contributed by atoms with Gasteiger partial charge in [-0.2, -0.15) is 0 Å². The van der Waals surface area contributed by atoms with Crippen molar-refractivity contribution in [3.05, 3.63) is 12.3 Å². The second-order valence-electron chi connectivity index (χ2n) is 3.03. The Morgan fingerprint density at radius 2 is 2.25 bits per heavy atom. The van der Waals surface area contributed by atoms with Crippen LogP contribution in [0.5, 0.6) is 0 Å². The summed E-state index contributed by atoms with van der Waals surface area (Å²) in [6.07, 6.45) is 4.07. The third-order valence-corrected chi connectivity index (χ3v) is 4.98. The van der Waals surface area contributed by atoms with E-state index in [1.54, 1.807) is 0 Å². The Hall–Kier alpha value is -0.270. The van der Waals surface area contributed by atoms with Gasteiger partial charge in [-0.25, -0.2) is 4.57 Å². The molecule has 12 heavy (non-hydrogen) atoms. The minimum Gasteiger partial charge on any atom is -0.432 e. The highest BCUT2D eigenvalue weighted by molar-refractivity contribution is 7.56. The maximum Gasteiger partial charge on any atom is 0.388 e. The van der Waals surface area contributed by atoms with Gasteiger partial charge in [0.25, 0.3) is 0 Å². The maximum absolute atomic E-state index is 12.0. The molecule has 3 nitrogen and oxygen atoms in total. The predicted molar refractivity (Wildman–Crippen MR) is 48.2 cm³/mol. The smallest absolute Gasteiger partial charge is 0.388 e. The number of hydrogen-bond acceptors (Lipinski definition) is 3. The molecule has 2 atom stereocenters. The van der Waals surface area contributed by atoms with E-state index in [1.165, 1.54) is 6.26 Å². The van der Waals surface area contributed by atoms with Crippen molar-refractivity contribution >= 4 is 7.60 Å². The Bertz CT molecular complexity index is 236. The number of allylic oxidation sites excluding steroid dienone is 1. The van der Waals surface area contributed by atoms with Gasteiger partial charge < -0.3 is 4.52 Å². The van der Waals surface area contributed by atoms with Gasteiger partial charge in [-0.1, -0.05) is 6.92 Å². The van der Waals surface area contributed by atoms with Crippen molar-refractivity contribution in [1.82, 2.24) is 0 Å². The van der Waals surface area contributed by atoms with Crippen molar-refractivity contribution in [2.24, 2.45) is 0 Å². The fourth-order valence-corrected chi connectivity index (χ4v) is 2.92.